The summed E-state index contributed by atoms with van der Waals surface area (Å²) in [5.74, 6) is 0.126. The molecule has 3 nitrogen and oxygen atoms in total. The smallest absolute Gasteiger partial charge is 0.247 e. The lowest BCUT2D eigenvalue weighted by Crippen LogP contribution is -2.28. The van der Waals surface area contributed by atoms with E-state index >= 15 is 0 Å². The second kappa shape index (κ2) is 4.78. The van der Waals surface area contributed by atoms with Crippen molar-refractivity contribution >= 4 is 22.4 Å². The predicted molar refractivity (Wildman–Crippen MR) is 77.4 cm³/mol. The van der Waals surface area contributed by atoms with E-state index in [2.05, 4.69) is 42.0 Å². The van der Waals surface area contributed by atoms with Crippen LogP contribution in [0.3, 0.4) is 0 Å². The molecule has 0 spiro atoms. The van der Waals surface area contributed by atoms with E-state index in [9.17, 15) is 4.79 Å². The van der Waals surface area contributed by atoms with Gasteiger partial charge in [-0.1, -0.05) is 31.2 Å². The Hall–Kier alpha value is -1.68. The molecule has 1 aromatic heterocycles. The molecule has 0 saturated carbocycles. The van der Waals surface area contributed by atoms with Gasteiger partial charge >= 0.3 is 11.0 Å². The Morgan fingerprint density at radius 3 is 2.74 bits per heavy atom. The maximum absolute atomic E-state index is 11.6. The van der Waals surface area contributed by atoms with Gasteiger partial charge in [-0.2, -0.15) is 4.90 Å². The molecule has 4 heteroatoms. The van der Waals surface area contributed by atoms with Crippen LogP contribution in [0, 0.1) is 0 Å². The van der Waals surface area contributed by atoms with Gasteiger partial charge in [-0.25, -0.2) is 9.36 Å². The van der Waals surface area contributed by atoms with Crippen LogP contribution in [0.5, 0.6) is 0 Å². The first-order valence-electron chi connectivity index (χ1n) is 6.59. The first-order valence-corrected chi connectivity index (χ1v) is 7.41. The van der Waals surface area contributed by atoms with Gasteiger partial charge in [0.05, 0.1) is 4.88 Å². The number of fused-ring (bicyclic) bond motifs is 1. The lowest BCUT2D eigenvalue weighted by atomic mass is 10.1. The van der Waals surface area contributed by atoms with Crippen molar-refractivity contribution in [2.45, 2.75) is 26.8 Å². The van der Waals surface area contributed by atoms with Crippen molar-refractivity contribution in [1.82, 2.24) is 0 Å². The van der Waals surface area contributed by atoms with Crippen molar-refractivity contribution in [3.05, 3.63) is 36.0 Å². The predicted octanol–water partition coefficient (Wildman–Crippen LogP) is 2.63. The number of carbonyl (C=O) groups is 1. The molecule has 0 saturated heterocycles. The van der Waals surface area contributed by atoms with E-state index in [1.807, 2.05) is 4.90 Å². The van der Waals surface area contributed by atoms with E-state index in [0.717, 1.165) is 24.6 Å². The number of benzene rings is 1. The fraction of sp³-hybridized carbons (Fsp3) is 0.333. The molecular weight excluding hydrogens is 256 g/mol. The summed E-state index contributed by atoms with van der Waals surface area (Å²) in [6.45, 7) is 5.50. The van der Waals surface area contributed by atoms with E-state index in [1.54, 1.807) is 18.3 Å². The zero-order valence-electron chi connectivity index (χ0n) is 11.2. The average molecular weight is 273 g/mol. The molecule has 0 radical (unpaired) electrons. The van der Waals surface area contributed by atoms with Crippen molar-refractivity contribution in [2.75, 3.05) is 11.4 Å². The number of carbonyl (C=O) groups excluding carboxylic acids is 1. The highest BCUT2D eigenvalue weighted by atomic mass is 32.1. The summed E-state index contributed by atoms with van der Waals surface area (Å²) in [7, 11) is 0. The lowest BCUT2D eigenvalue weighted by Gasteiger charge is -2.01. The molecule has 2 heterocycles. The SMILES string of the molecule is CCc1ccc(-c2c[n+]3c(s2)N(C(C)=O)CC3)cc1. The number of nitrogens with zero attached hydrogens (tertiary/aromatic N) is 2. The van der Waals surface area contributed by atoms with Crippen molar-refractivity contribution < 1.29 is 9.36 Å². The Kier molecular flexibility index (Phi) is 3.11. The second-order valence-corrected chi connectivity index (χ2v) is 5.80. The minimum atomic E-state index is 0.126. The maximum Gasteiger partial charge on any atom is 0.344 e. The number of rotatable bonds is 2. The first-order chi connectivity index (χ1) is 9.19. The third-order valence-electron chi connectivity index (χ3n) is 3.54. The Morgan fingerprint density at radius 2 is 2.11 bits per heavy atom. The number of aryl methyl sites for hydroxylation is 1. The largest absolute Gasteiger partial charge is 0.344 e. The summed E-state index contributed by atoms with van der Waals surface area (Å²) in [6.07, 6.45) is 3.22. The Labute approximate surface area is 117 Å². The monoisotopic (exact) mass is 273 g/mol. The minimum absolute atomic E-state index is 0.126. The Balaban J connectivity index is 1.95. The molecule has 0 aliphatic carbocycles. The molecule has 3 rings (SSSR count). The molecule has 19 heavy (non-hydrogen) atoms. The van der Waals surface area contributed by atoms with E-state index < -0.39 is 0 Å². The zero-order valence-corrected chi connectivity index (χ0v) is 12.0. The van der Waals surface area contributed by atoms with Gasteiger partial charge in [-0.15, -0.1) is 0 Å². The van der Waals surface area contributed by atoms with Crippen LogP contribution >= 0.6 is 11.3 Å². The van der Waals surface area contributed by atoms with Crippen LogP contribution < -0.4 is 9.47 Å². The van der Waals surface area contributed by atoms with Crippen molar-refractivity contribution in [3.8, 4) is 10.4 Å². The van der Waals surface area contributed by atoms with Crippen LogP contribution in [0.2, 0.25) is 0 Å². The van der Waals surface area contributed by atoms with E-state index in [1.165, 1.54) is 16.0 Å². The van der Waals surface area contributed by atoms with Gasteiger partial charge in [0.2, 0.25) is 0 Å². The van der Waals surface area contributed by atoms with Crippen LogP contribution in [0.15, 0.2) is 30.5 Å². The summed E-state index contributed by atoms with van der Waals surface area (Å²) in [4.78, 5) is 14.6. The van der Waals surface area contributed by atoms with Gasteiger partial charge in [0, 0.05) is 6.92 Å². The highest BCUT2D eigenvalue weighted by molar-refractivity contribution is 7.18. The van der Waals surface area contributed by atoms with E-state index in [-0.39, 0.29) is 5.91 Å². The molecule has 98 valence electrons. The maximum atomic E-state index is 11.6. The minimum Gasteiger partial charge on any atom is -0.247 e. The lowest BCUT2D eigenvalue weighted by molar-refractivity contribution is -0.666. The van der Waals surface area contributed by atoms with E-state index in [4.69, 9.17) is 0 Å². The summed E-state index contributed by atoms with van der Waals surface area (Å²) in [5, 5.41) is 1.06. The van der Waals surface area contributed by atoms with Gasteiger partial charge < -0.3 is 0 Å². The van der Waals surface area contributed by atoms with Crippen molar-refractivity contribution in [2.24, 2.45) is 0 Å². The average Bonchev–Trinajstić information content (AvgIpc) is 2.98. The Morgan fingerprint density at radius 1 is 1.37 bits per heavy atom. The van der Waals surface area contributed by atoms with Crippen LogP contribution in [0.4, 0.5) is 5.13 Å². The number of anilines is 1. The fourth-order valence-electron chi connectivity index (χ4n) is 2.38. The van der Waals surface area contributed by atoms with Crippen LogP contribution in [-0.2, 0) is 17.8 Å². The van der Waals surface area contributed by atoms with Gasteiger partial charge in [0.25, 0.3) is 0 Å². The molecule has 0 fully saturated rings. The molecule has 0 N–H and O–H groups in total. The summed E-state index contributed by atoms with van der Waals surface area (Å²) in [6, 6.07) is 8.68. The normalized spacial score (nSPS) is 13.7. The topological polar surface area (TPSA) is 24.2 Å². The molecular formula is C15H17N2OS+. The van der Waals surface area contributed by atoms with E-state index in [0.29, 0.717) is 0 Å². The quantitative estimate of drug-likeness (QED) is 0.772. The fourth-order valence-corrected chi connectivity index (χ4v) is 3.61. The van der Waals surface area contributed by atoms with Crippen LogP contribution in [0.25, 0.3) is 10.4 Å². The Bertz CT molecular complexity index is 616. The molecule has 1 aliphatic rings. The second-order valence-electron chi connectivity index (χ2n) is 4.79. The van der Waals surface area contributed by atoms with Gasteiger partial charge in [-0.3, -0.25) is 0 Å². The standard InChI is InChI=1S/C15H17N2OS/c1-3-12-4-6-13(7-5-12)14-10-16-8-9-17(11(2)18)15(16)19-14/h4-7,10H,3,8-9H2,1-2H3/q+1. The third-order valence-corrected chi connectivity index (χ3v) is 4.74. The third kappa shape index (κ3) is 2.16. The number of hydrogen-bond donors (Lipinski definition) is 0. The highest BCUT2D eigenvalue weighted by Crippen LogP contribution is 2.32. The van der Waals surface area contributed by atoms with Crippen molar-refractivity contribution in [3.63, 3.8) is 0 Å². The van der Waals surface area contributed by atoms with Gasteiger partial charge in [0.1, 0.15) is 19.3 Å². The summed E-state index contributed by atoms with van der Waals surface area (Å²) >= 11 is 1.69. The summed E-state index contributed by atoms with van der Waals surface area (Å²) in [5.41, 5.74) is 2.58. The molecule has 1 amide bonds. The van der Waals surface area contributed by atoms with Gasteiger partial charge in [-0.05, 0) is 28.9 Å². The molecule has 2 aromatic rings. The summed E-state index contributed by atoms with van der Waals surface area (Å²) < 4.78 is 2.18. The van der Waals surface area contributed by atoms with Crippen LogP contribution in [-0.4, -0.2) is 12.5 Å². The number of thiazole rings is 1. The molecule has 0 unspecified atom stereocenters. The molecule has 1 aliphatic heterocycles. The zero-order chi connectivity index (χ0) is 13.4. The molecule has 0 atom stereocenters. The number of amides is 1. The highest BCUT2D eigenvalue weighted by Gasteiger charge is 2.34. The molecule has 0 bridgehead atoms. The first kappa shape index (κ1) is 12.4. The van der Waals surface area contributed by atoms with Crippen LogP contribution in [0.1, 0.15) is 19.4 Å². The van der Waals surface area contributed by atoms with Gasteiger partial charge in [0.15, 0.2) is 0 Å². The number of hydrogen-bond acceptors (Lipinski definition) is 2. The molecule has 1 aromatic carbocycles. The van der Waals surface area contributed by atoms with Crippen molar-refractivity contribution in [1.29, 1.82) is 0 Å². The number of aromatic nitrogens is 1.